The van der Waals surface area contributed by atoms with Gasteiger partial charge in [-0.15, -0.1) is 0 Å². The highest BCUT2D eigenvalue weighted by Crippen LogP contribution is 2.49. The van der Waals surface area contributed by atoms with Crippen molar-refractivity contribution in [2.24, 2.45) is 0 Å². The molecular weight excluding hydrogens is 304 g/mol. The van der Waals surface area contributed by atoms with E-state index in [1.807, 2.05) is 6.07 Å². The molecule has 4 rings (SSSR count). The van der Waals surface area contributed by atoms with E-state index < -0.39 is 0 Å². The number of rotatable bonds is 3. The summed E-state index contributed by atoms with van der Waals surface area (Å²) >= 11 is 0. The fraction of sp³-hybridized carbons (Fsp3) is 0.579. The summed E-state index contributed by atoms with van der Waals surface area (Å²) in [5.74, 6) is 1.57. The Morgan fingerprint density at radius 3 is 2.75 bits per heavy atom. The summed E-state index contributed by atoms with van der Waals surface area (Å²) in [4.78, 5) is 2.46. The van der Waals surface area contributed by atoms with Crippen molar-refractivity contribution in [1.29, 1.82) is 0 Å². The number of ether oxygens (including phenoxy) is 3. The predicted octanol–water partition coefficient (Wildman–Crippen LogP) is 1.92. The zero-order chi connectivity index (χ0) is 16.8. The van der Waals surface area contributed by atoms with Crippen LogP contribution in [0.15, 0.2) is 30.4 Å². The molecule has 0 amide bonds. The first-order valence-corrected chi connectivity index (χ1v) is 8.65. The van der Waals surface area contributed by atoms with E-state index in [1.54, 1.807) is 14.2 Å². The highest BCUT2D eigenvalue weighted by Gasteiger charge is 2.53. The minimum absolute atomic E-state index is 0.00712. The number of benzene rings is 1. The van der Waals surface area contributed by atoms with Crippen LogP contribution in [0.1, 0.15) is 18.4 Å². The van der Waals surface area contributed by atoms with Crippen LogP contribution >= 0.6 is 0 Å². The first kappa shape index (κ1) is 15.9. The molecule has 0 aromatic heterocycles. The van der Waals surface area contributed by atoms with Crippen LogP contribution in [0.4, 0.5) is 0 Å². The van der Waals surface area contributed by atoms with Crippen LogP contribution in [-0.4, -0.2) is 57.6 Å². The third-order valence-corrected chi connectivity index (χ3v) is 5.96. The molecule has 0 bridgehead atoms. The van der Waals surface area contributed by atoms with Gasteiger partial charge in [0.05, 0.1) is 20.8 Å². The Kier molecular flexibility index (Phi) is 3.82. The van der Waals surface area contributed by atoms with Crippen molar-refractivity contribution in [3.05, 3.63) is 35.9 Å². The van der Waals surface area contributed by atoms with E-state index in [9.17, 15) is 0 Å². The number of nitrogens with zero attached hydrogens (tertiary/aromatic N) is 1. The Balaban J connectivity index is 1.77. The van der Waals surface area contributed by atoms with Crippen molar-refractivity contribution in [3.8, 4) is 11.5 Å². The molecule has 3 aliphatic rings. The lowest BCUT2D eigenvalue weighted by molar-refractivity contribution is -0.00425. The summed E-state index contributed by atoms with van der Waals surface area (Å²) in [6, 6.07) is 6.74. The van der Waals surface area contributed by atoms with Crippen molar-refractivity contribution >= 4 is 0 Å². The number of fused-ring (bicyclic) bond motifs is 1. The molecule has 2 saturated heterocycles. The van der Waals surface area contributed by atoms with Crippen molar-refractivity contribution in [3.63, 3.8) is 0 Å². The summed E-state index contributed by atoms with van der Waals surface area (Å²) < 4.78 is 17.0. The van der Waals surface area contributed by atoms with Gasteiger partial charge >= 0.3 is 0 Å². The van der Waals surface area contributed by atoms with Gasteiger partial charge in [0.2, 0.25) is 0 Å². The molecule has 1 aliphatic carbocycles. The first-order valence-electron chi connectivity index (χ1n) is 8.65. The van der Waals surface area contributed by atoms with Crippen LogP contribution in [0, 0.1) is 0 Å². The first-order chi connectivity index (χ1) is 11.6. The Morgan fingerprint density at radius 1 is 1.21 bits per heavy atom. The van der Waals surface area contributed by atoms with Crippen molar-refractivity contribution in [1.82, 2.24) is 10.2 Å². The molecule has 5 heteroatoms. The van der Waals surface area contributed by atoms with Crippen LogP contribution in [0.25, 0.3) is 0 Å². The Labute approximate surface area is 143 Å². The van der Waals surface area contributed by atoms with Crippen LogP contribution in [0.3, 0.4) is 0 Å². The van der Waals surface area contributed by atoms with Crippen molar-refractivity contribution in [2.45, 2.75) is 30.0 Å². The summed E-state index contributed by atoms with van der Waals surface area (Å²) in [7, 11) is 5.59. The maximum atomic E-state index is 6.03. The number of likely N-dealkylation sites (tertiary alicyclic amines) is 1. The van der Waals surface area contributed by atoms with Gasteiger partial charge in [0.25, 0.3) is 0 Å². The van der Waals surface area contributed by atoms with Crippen LogP contribution in [0.2, 0.25) is 0 Å². The molecule has 2 heterocycles. The molecule has 24 heavy (non-hydrogen) atoms. The molecule has 1 spiro atoms. The molecule has 1 aromatic carbocycles. The lowest BCUT2D eigenvalue weighted by Crippen LogP contribution is -2.53. The Bertz CT molecular complexity index is 654. The van der Waals surface area contributed by atoms with Gasteiger partial charge in [0, 0.05) is 24.4 Å². The molecule has 3 atom stereocenters. The van der Waals surface area contributed by atoms with Crippen LogP contribution in [0.5, 0.6) is 11.5 Å². The smallest absolute Gasteiger partial charge is 0.161 e. The van der Waals surface area contributed by atoms with E-state index >= 15 is 0 Å². The highest BCUT2D eigenvalue weighted by molar-refractivity contribution is 5.49. The van der Waals surface area contributed by atoms with Crippen LogP contribution in [-0.2, 0) is 10.2 Å². The predicted molar refractivity (Wildman–Crippen MR) is 92.7 cm³/mol. The zero-order valence-corrected chi connectivity index (χ0v) is 14.7. The molecule has 0 saturated carbocycles. The summed E-state index contributed by atoms with van der Waals surface area (Å²) in [6.07, 6.45) is 6.68. The summed E-state index contributed by atoms with van der Waals surface area (Å²) in [5, 5.41) is 3.53. The molecule has 1 N–H and O–H groups in total. The van der Waals surface area contributed by atoms with E-state index in [0.29, 0.717) is 6.04 Å². The molecule has 0 radical (unpaired) electrons. The molecule has 5 nitrogen and oxygen atoms in total. The van der Waals surface area contributed by atoms with Gasteiger partial charge in [-0.05, 0) is 43.8 Å². The molecule has 1 unspecified atom stereocenters. The SMILES string of the molecule is COc1ccc([C@@]23C=CC4(C[C@@H]2N(C)CC3)NCCO4)cc1OC. The maximum Gasteiger partial charge on any atom is 0.161 e. The average Bonchev–Trinajstić information content (AvgIpc) is 3.21. The normalized spacial score (nSPS) is 35.4. The largest absolute Gasteiger partial charge is 0.493 e. The number of nitrogens with one attached hydrogen (secondary N) is 1. The summed E-state index contributed by atoms with van der Waals surface area (Å²) in [6.45, 7) is 2.79. The monoisotopic (exact) mass is 330 g/mol. The lowest BCUT2D eigenvalue weighted by atomic mass is 9.68. The second kappa shape index (κ2) is 5.76. The third kappa shape index (κ3) is 2.26. The minimum atomic E-state index is -0.288. The molecule has 2 fully saturated rings. The summed E-state index contributed by atoms with van der Waals surface area (Å²) in [5.41, 5.74) is 1.01. The maximum absolute atomic E-state index is 6.03. The second-order valence-corrected chi connectivity index (χ2v) is 7.06. The van der Waals surface area contributed by atoms with Gasteiger partial charge in [0.1, 0.15) is 5.72 Å². The third-order valence-electron chi connectivity index (χ3n) is 5.96. The van der Waals surface area contributed by atoms with Gasteiger partial charge < -0.3 is 19.1 Å². The van der Waals surface area contributed by atoms with Gasteiger partial charge in [0.15, 0.2) is 11.5 Å². The Hall–Kier alpha value is -1.56. The van der Waals surface area contributed by atoms with Crippen LogP contribution < -0.4 is 14.8 Å². The highest BCUT2D eigenvalue weighted by atomic mass is 16.5. The molecule has 130 valence electrons. The molecule has 2 aliphatic heterocycles. The van der Waals surface area contributed by atoms with E-state index in [4.69, 9.17) is 14.2 Å². The number of hydrogen-bond acceptors (Lipinski definition) is 5. The van der Waals surface area contributed by atoms with Gasteiger partial charge in [-0.1, -0.05) is 12.1 Å². The number of likely N-dealkylation sites (N-methyl/N-ethyl adjacent to an activating group) is 1. The van der Waals surface area contributed by atoms with Crippen molar-refractivity contribution in [2.75, 3.05) is 41.0 Å². The van der Waals surface area contributed by atoms with E-state index in [0.717, 1.165) is 44.0 Å². The quantitative estimate of drug-likeness (QED) is 0.858. The van der Waals surface area contributed by atoms with Gasteiger partial charge in [-0.2, -0.15) is 0 Å². The van der Waals surface area contributed by atoms with Gasteiger partial charge in [-0.3, -0.25) is 5.32 Å². The zero-order valence-electron chi connectivity index (χ0n) is 14.7. The fourth-order valence-corrected chi connectivity index (χ4v) is 4.59. The van der Waals surface area contributed by atoms with E-state index in [1.165, 1.54) is 5.56 Å². The molecule has 1 aromatic rings. The fourth-order valence-electron chi connectivity index (χ4n) is 4.59. The topological polar surface area (TPSA) is 43.0 Å². The second-order valence-electron chi connectivity index (χ2n) is 7.06. The number of hydrogen-bond donors (Lipinski definition) is 1. The van der Waals surface area contributed by atoms with Crippen molar-refractivity contribution < 1.29 is 14.2 Å². The standard InChI is InChI=1S/C19H26N2O3/c1-21-10-8-18(14-4-5-15(22-2)16(12-14)23-3)6-7-19(13-17(18)21)20-9-11-24-19/h4-7,12,17,20H,8-11,13H2,1-3H3/t17-,18-,19?/m0/s1. The molecular formula is C19H26N2O3. The van der Waals surface area contributed by atoms with E-state index in [-0.39, 0.29) is 11.1 Å². The number of methoxy groups -OCH3 is 2. The average molecular weight is 330 g/mol. The Morgan fingerprint density at radius 2 is 2.04 bits per heavy atom. The lowest BCUT2D eigenvalue weighted by Gasteiger charge is -2.44. The minimum Gasteiger partial charge on any atom is -0.493 e. The van der Waals surface area contributed by atoms with E-state index in [2.05, 4.69) is 41.5 Å². The van der Waals surface area contributed by atoms with Gasteiger partial charge in [-0.25, -0.2) is 0 Å².